The lowest BCUT2D eigenvalue weighted by molar-refractivity contribution is -0.142. The Morgan fingerprint density at radius 2 is 2.28 bits per heavy atom. The number of nitrogens with zero attached hydrogens (tertiary/aromatic N) is 1. The van der Waals surface area contributed by atoms with Crippen molar-refractivity contribution in [1.29, 1.82) is 0 Å². The van der Waals surface area contributed by atoms with Crippen molar-refractivity contribution < 1.29 is 14.6 Å². The third kappa shape index (κ3) is 2.01. The zero-order valence-electron chi connectivity index (χ0n) is 10.6. The summed E-state index contributed by atoms with van der Waals surface area (Å²) in [5.41, 5.74) is 6.42. The van der Waals surface area contributed by atoms with Crippen molar-refractivity contribution in [2.45, 2.75) is 25.9 Å². The summed E-state index contributed by atoms with van der Waals surface area (Å²) in [6, 6.07) is 5.65. The number of ether oxygens (including phenoxy) is 1. The summed E-state index contributed by atoms with van der Waals surface area (Å²) in [6.07, 6.45) is 0. The number of carboxylic acid groups (broad SMARTS) is 1. The maximum absolute atomic E-state index is 11.4. The van der Waals surface area contributed by atoms with Gasteiger partial charge in [0.2, 0.25) is 0 Å². The third-order valence-electron chi connectivity index (χ3n) is 3.32. The monoisotopic (exact) mass is 250 g/mol. The molecule has 18 heavy (non-hydrogen) atoms. The molecule has 98 valence electrons. The van der Waals surface area contributed by atoms with E-state index in [1.54, 1.807) is 13.8 Å². The highest BCUT2D eigenvalue weighted by Crippen LogP contribution is 2.36. The summed E-state index contributed by atoms with van der Waals surface area (Å²) >= 11 is 0. The van der Waals surface area contributed by atoms with E-state index in [2.05, 4.69) is 0 Å². The highest BCUT2D eigenvalue weighted by atomic mass is 16.5. The zero-order chi connectivity index (χ0) is 13.3. The molecular weight excluding hydrogens is 232 g/mol. The largest absolute Gasteiger partial charge is 0.490 e. The normalized spacial score (nSPS) is 14.9. The van der Waals surface area contributed by atoms with Crippen LogP contribution in [0.25, 0.3) is 0 Å². The average Bonchev–Trinajstić information content (AvgIpc) is 2.37. The molecule has 0 radical (unpaired) electrons. The molecule has 5 heteroatoms. The van der Waals surface area contributed by atoms with E-state index in [0.717, 1.165) is 11.3 Å². The molecule has 1 aliphatic heterocycles. The summed E-state index contributed by atoms with van der Waals surface area (Å²) in [7, 11) is 0. The molecule has 0 saturated heterocycles. The number of nitrogens with two attached hydrogens (primary N) is 1. The van der Waals surface area contributed by atoms with Crippen molar-refractivity contribution in [3.05, 3.63) is 23.8 Å². The van der Waals surface area contributed by atoms with Crippen LogP contribution in [0.15, 0.2) is 18.2 Å². The molecule has 0 unspecified atom stereocenters. The molecule has 0 bridgehead atoms. The fourth-order valence-electron chi connectivity index (χ4n) is 2.09. The van der Waals surface area contributed by atoms with E-state index in [1.807, 2.05) is 23.1 Å². The first-order chi connectivity index (χ1) is 8.46. The van der Waals surface area contributed by atoms with Gasteiger partial charge in [0.1, 0.15) is 17.9 Å². The van der Waals surface area contributed by atoms with Gasteiger partial charge in [0.15, 0.2) is 0 Å². The minimum atomic E-state index is -0.956. The fraction of sp³-hybridized carbons (Fsp3) is 0.462. The summed E-state index contributed by atoms with van der Waals surface area (Å²) < 4.78 is 5.58. The molecule has 0 fully saturated rings. The van der Waals surface area contributed by atoms with Crippen molar-refractivity contribution in [1.82, 2.24) is 0 Å². The Balaban J connectivity index is 2.42. The molecule has 3 N–H and O–H groups in total. The van der Waals surface area contributed by atoms with E-state index in [1.165, 1.54) is 0 Å². The van der Waals surface area contributed by atoms with E-state index >= 15 is 0 Å². The molecule has 0 atom stereocenters. The van der Waals surface area contributed by atoms with Crippen molar-refractivity contribution >= 4 is 11.7 Å². The Morgan fingerprint density at radius 1 is 1.56 bits per heavy atom. The van der Waals surface area contributed by atoms with E-state index < -0.39 is 11.5 Å². The van der Waals surface area contributed by atoms with Gasteiger partial charge >= 0.3 is 5.97 Å². The molecule has 5 nitrogen and oxygen atoms in total. The number of hydrogen-bond acceptors (Lipinski definition) is 4. The van der Waals surface area contributed by atoms with Gasteiger partial charge in [-0.3, -0.25) is 0 Å². The van der Waals surface area contributed by atoms with Gasteiger partial charge in [-0.25, -0.2) is 4.79 Å². The second kappa shape index (κ2) is 4.49. The molecule has 0 aliphatic carbocycles. The number of rotatable bonds is 3. The fourth-order valence-corrected chi connectivity index (χ4v) is 2.09. The Kier molecular flexibility index (Phi) is 3.17. The summed E-state index contributed by atoms with van der Waals surface area (Å²) in [4.78, 5) is 13.2. The second-order valence-corrected chi connectivity index (χ2v) is 4.87. The summed E-state index contributed by atoms with van der Waals surface area (Å²) in [6.45, 7) is 4.88. The Labute approximate surface area is 106 Å². The standard InChI is InChI=1S/C13H18N2O3/c1-13(2,12(16)17)15-5-6-18-11-7-9(8-14)3-4-10(11)15/h3-4,7H,5-6,8,14H2,1-2H3,(H,16,17). The first-order valence-corrected chi connectivity index (χ1v) is 5.93. The van der Waals surface area contributed by atoms with Crippen molar-refractivity contribution in [3.63, 3.8) is 0 Å². The number of aliphatic carboxylic acids is 1. The molecule has 1 aliphatic rings. The lowest BCUT2D eigenvalue weighted by Crippen LogP contribution is -2.53. The molecule has 1 aromatic carbocycles. The van der Waals surface area contributed by atoms with Gasteiger partial charge in [-0.2, -0.15) is 0 Å². The second-order valence-electron chi connectivity index (χ2n) is 4.87. The van der Waals surface area contributed by atoms with Gasteiger partial charge in [-0.1, -0.05) is 6.07 Å². The Bertz CT molecular complexity index is 471. The number of fused-ring (bicyclic) bond motifs is 1. The lowest BCUT2D eigenvalue weighted by Gasteiger charge is -2.40. The number of anilines is 1. The van der Waals surface area contributed by atoms with Gasteiger partial charge in [0.05, 0.1) is 12.2 Å². The zero-order valence-corrected chi connectivity index (χ0v) is 10.6. The summed E-state index contributed by atoms with van der Waals surface area (Å²) in [5, 5.41) is 9.32. The van der Waals surface area contributed by atoms with E-state index in [0.29, 0.717) is 25.4 Å². The average molecular weight is 250 g/mol. The molecule has 0 saturated carbocycles. The first kappa shape index (κ1) is 12.7. The Hall–Kier alpha value is -1.75. The van der Waals surface area contributed by atoms with Crippen LogP contribution in [0.1, 0.15) is 19.4 Å². The molecule has 0 spiro atoms. The number of hydrogen-bond donors (Lipinski definition) is 2. The molecule has 1 heterocycles. The topological polar surface area (TPSA) is 75.8 Å². The molecule has 1 aromatic rings. The number of carboxylic acids is 1. The van der Waals surface area contributed by atoms with Gasteiger partial charge in [0, 0.05) is 6.54 Å². The van der Waals surface area contributed by atoms with Crippen LogP contribution in [0.2, 0.25) is 0 Å². The summed E-state index contributed by atoms with van der Waals surface area (Å²) in [5.74, 6) is -0.142. The van der Waals surface area contributed by atoms with Crippen LogP contribution in [-0.2, 0) is 11.3 Å². The molecule has 0 aromatic heterocycles. The maximum Gasteiger partial charge on any atom is 0.328 e. The van der Waals surface area contributed by atoms with Crippen molar-refractivity contribution in [2.24, 2.45) is 5.73 Å². The predicted octanol–water partition coefficient (Wildman–Crippen LogP) is 1.21. The van der Waals surface area contributed by atoms with Crippen LogP contribution in [0.4, 0.5) is 5.69 Å². The molecule has 0 amide bonds. The van der Waals surface area contributed by atoms with E-state index in [-0.39, 0.29) is 0 Å². The molecular formula is C13H18N2O3. The Morgan fingerprint density at radius 3 is 2.89 bits per heavy atom. The van der Waals surface area contributed by atoms with E-state index in [9.17, 15) is 9.90 Å². The highest BCUT2D eigenvalue weighted by molar-refractivity contribution is 5.84. The van der Waals surface area contributed by atoms with Crippen LogP contribution in [0.5, 0.6) is 5.75 Å². The van der Waals surface area contributed by atoms with Crippen LogP contribution in [0.3, 0.4) is 0 Å². The van der Waals surface area contributed by atoms with Crippen LogP contribution in [0, 0.1) is 0 Å². The predicted molar refractivity (Wildman–Crippen MR) is 68.9 cm³/mol. The van der Waals surface area contributed by atoms with Crippen molar-refractivity contribution in [3.8, 4) is 5.75 Å². The minimum Gasteiger partial charge on any atom is -0.490 e. The quantitative estimate of drug-likeness (QED) is 0.843. The van der Waals surface area contributed by atoms with Gasteiger partial charge in [-0.15, -0.1) is 0 Å². The lowest BCUT2D eigenvalue weighted by atomic mass is 10.0. The number of carbonyl (C=O) groups is 1. The van der Waals surface area contributed by atoms with Crippen LogP contribution >= 0.6 is 0 Å². The van der Waals surface area contributed by atoms with Gasteiger partial charge in [0.25, 0.3) is 0 Å². The smallest absolute Gasteiger partial charge is 0.328 e. The highest BCUT2D eigenvalue weighted by Gasteiger charge is 2.37. The third-order valence-corrected chi connectivity index (χ3v) is 3.32. The van der Waals surface area contributed by atoms with Crippen LogP contribution in [-0.4, -0.2) is 29.8 Å². The minimum absolute atomic E-state index is 0.443. The van der Waals surface area contributed by atoms with E-state index in [4.69, 9.17) is 10.5 Å². The molecule has 2 rings (SSSR count). The maximum atomic E-state index is 11.4. The van der Waals surface area contributed by atoms with Gasteiger partial charge in [-0.05, 0) is 31.5 Å². The SMILES string of the molecule is CC(C)(C(=O)O)N1CCOc2cc(CN)ccc21. The van der Waals surface area contributed by atoms with Crippen LogP contribution < -0.4 is 15.4 Å². The van der Waals surface area contributed by atoms with Gasteiger partial charge < -0.3 is 20.5 Å². The van der Waals surface area contributed by atoms with Crippen molar-refractivity contribution in [2.75, 3.05) is 18.1 Å². The first-order valence-electron chi connectivity index (χ1n) is 5.93. The number of benzene rings is 1.